The number of nitrogens with one attached hydrogen (secondary N) is 1. The maximum Gasteiger partial charge on any atom is 0.0641 e. The van der Waals surface area contributed by atoms with E-state index in [4.69, 9.17) is 23.2 Å². The van der Waals surface area contributed by atoms with Crippen LogP contribution in [0.15, 0.2) is 12.1 Å². The quantitative estimate of drug-likeness (QED) is 0.874. The van der Waals surface area contributed by atoms with Gasteiger partial charge in [0.05, 0.1) is 10.7 Å². The molecule has 2 fully saturated rings. The zero-order valence-electron chi connectivity index (χ0n) is 11.3. The van der Waals surface area contributed by atoms with Crippen molar-refractivity contribution in [3.63, 3.8) is 0 Å². The SMILES string of the molecule is Cc1cc(Cl)c(NC2CCN3CCCCC23)cc1Cl. The number of aryl methyl sites for hydroxylation is 1. The summed E-state index contributed by atoms with van der Waals surface area (Å²) in [5.74, 6) is 0. The third-order valence-corrected chi connectivity index (χ3v) is 5.17. The van der Waals surface area contributed by atoms with Gasteiger partial charge in [0.25, 0.3) is 0 Å². The fourth-order valence-electron chi connectivity index (χ4n) is 3.37. The molecule has 1 aromatic rings. The van der Waals surface area contributed by atoms with Crippen LogP contribution < -0.4 is 5.32 Å². The van der Waals surface area contributed by atoms with E-state index in [1.807, 2.05) is 19.1 Å². The number of hydrogen-bond acceptors (Lipinski definition) is 2. The van der Waals surface area contributed by atoms with Gasteiger partial charge in [0.1, 0.15) is 0 Å². The Labute approximate surface area is 125 Å². The van der Waals surface area contributed by atoms with Crippen molar-refractivity contribution < 1.29 is 0 Å². The molecule has 0 bridgehead atoms. The van der Waals surface area contributed by atoms with Gasteiger partial charge >= 0.3 is 0 Å². The van der Waals surface area contributed by atoms with Gasteiger partial charge in [-0.05, 0) is 50.4 Å². The van der Waals surface area contributed by atoms with Crippen molar-refractivity contribution in [1.29, 1.82) is 0 Å². The standard InChI is InChI=1S/C15H20Cl2N2/c1-10-8-12(17)14(9-11(10)16)18-13-5-7-19-6-3-2-4-15(13)19/h8-9,13,15,18H,2-7H2,1H3. The summed E-state index contributed by atoms with van der Waals surface area (Å²) in [5.41, 5.74) is 2.01. The van der Waals surface area contributed by atoms with Gasteiger partial charge in [0.2, 0.25) is 0 Å². The number of piperidine rings is 1. The van der Waals surface area contributed by atoms with Crippen LogP contribution in [-0.2, 0) is 0 Å². The largest absolute Gasteiger partial charge is 0.379 e. The summed E-state index contributed by atoms with van der Waals surface area (Å²) in [4.78, 5) is 2.62. The Morgan fingerprint density at radius 1 is 1.11 bits per heavy atom. The zero-order valence-corrected chi connectivity index (χ0v) is 12.8. The highest BCUT2D eigenvalue weighted by atomic mass is 35.5. The second-order valence-corrected chi connectivity index (χ2v) is 6.53. The van der Waals surface area contributed by atoms with Gasteiger partial charge in [-0.15, -0.1) is 0 Å². The molecule has 0 radical (unpaired) electrons. The molecular weight excluding hydrogens is 279 g/mol. The molecule has 0 aromatic heterocycles. The molecule has 0 aliphatic carbocycles. The molecule has 2 atom stereocenters. The van der Waals surface area contributed by atoms with E-state index in [-0.39, 0.29) is 0 Å². The predicted molar refractivity (Wildman–Crippen MR) is 82.4 cm³/mol. The Balaban J connectivity index is 1.76. The average Bonchev–Trinajstić information content (AvgIpc) is 2.80. The smallest absolute Gasteiger partial charge is 0.0641 e. The van der Waals surface area contributed by atoms with Gasteiger partial charge in [-0.3, -0.25) is 4.90 Å². The molecule has 2 nitrogen and oxygen atoms in total. The first kappa shape index (κ1) is 13.5. The van der Waals surface area contributed by atoms with E-state index in [1.165, 1.54) is 38.8 Å². The number of fused-ring (bicyclic) bond motifs is 1. The van der Waals surface area contributed by atoms with Crippen molar-refractivity contribution >= 4 is 28.9 Å². The molecule has 104 valence electrons. The molecule has 1 aromatic carbocycles. The van der Waals surface area contributed by atoms with Crippen LogP contribution in [0.5, 0.6) is 0 Å². The van der Waals surface area contributed by atoms with Crippen molar-refractivity contribution in [1.82, 2.24) is 4.90 Å². The summed E-state index contributed by atoms with van der Waals surface area (Å²) in [5, 5.41) is 5.18. The summed E-state index contributed by atoms with van der Waals surface area (Å²) in [6, 6.07) is 5.09. The third kappa shape index (κ3) is 2.72. The number of hydrogen-bond donors (Lipinski definition) is 1. The van der Waals surface area contributed by atoms with E-state index >= 15 is 0 Å². The van der Waals surface area contributed by atoms with Gasteiger partial charge in [0, 0.05) is 23.7 Å². The Morgan fingerprint density at radius 3 is 2.79 bits per heavy atom. The molecule has 2 unspecified atom stereocenters. The predicted octanol–water partition coefficient (Wildman–Crippen LogP) is 4.34. The zero-order chi connectivity index (χ0) is 13.4. The van der Waals surface area contributed by atoms with Gasteiger partial charge < -0.3 is 5.32 Å². The van der Waals surface area contributed by atoms with Crippen LogP contribution in [0.1, 0.15) is 31.2 Å². The summed E-state index contributed by atoms with van der Waals surface area (Å²) >= 11 is 12.5. The lowest BCUT2D eigenvalue weighted by atomic mass is 9.99. The molecule has 2 aliphatic heterocycles. The van der Waals surface area contributed by atoms with Gasteiger partial charge in [0.15, 0.2) is 0 Å². The minimum absolute atomic E-state index is 0.511. The minimum atomic E-state index is 0.511. The number of anilines is 1. The summed E-state index contributed by atoms with van der Waals surface area (Å²) in [6.07, 6.45) is 5.20. The van der Waals surface area contributed by atoms with E-state index in [0.29, 0.717) is 12.1 Å². The van der Waals surface area contributed by atoms with Gasteiger partial charge in [-0.2, -0.15) is 0 Å². The molecule has 2 heterocycles. The van der Waals surface area contributed by atoms with Crippen LogP contribution in [0.4, 0.5) is 5.69 Å². The normalized spacial score (nSPS) is 27.3. The molecule has 0 amide bonds. The number of nitrogens with zero attached hydrogens (tertiary/aromatic N) is 1. The second kappa shape index (κ2) is 5.51. The molecule has 4 heteroatoms. The van der Waals surface area contributed by atoms with Crippen LogP contribution in [0.2, 0.25) is 10.0 Å². The Morgan fingerprint density at radius 2 is 1.95 bits per heavy atom. The number of benzene rings is 1. The van der Waals surface area contributed by atoms with Crippen molar-refractivity contribution in [2.45, 2.75) is 44.7 Å². The fraction of sp³-hybridized carbons (Fsp3) is 0.600. The molecular formula is C15H20Cl2N2. The second-order valence-electron chi connectivity index (χ2n) is 5.72. The van der Waals surface area contributed by atoms with Crippen LogP contribution in [0.3, 0.4) is 0 Å². The van der Waals surface area contributed by atoms with E-state index in [2.05, 4.69) is 10.2 Å². The summed E-state index contributed by atoms with van der Waals surface area (Å²) < 4.78 is 0. The molecule has 2 saturated heterocycles. The maximum atomic E-state index is 6.32. The lowest BCUT2D eigenvalue weighted by Crippen LogP contribution is -2.41. The Hall–Kier alpha value is -0.440. The molecule has 19 heavy (non-hydrogen) atoms. The Kier molecular flexibility index (Phi) is 3.93. The van der Waals surface area contributed by atoms with Crippen molar-refractivity contribution in [3.8, 4) is 0 Å². The van der Waals surface area contributed by atoms with Gasteiger partial charge in [-0.1, -0.05) is 29.6 Å². The van der Waals surface area contributed by atoms with Crippen molar-refractivity contribution in [2.24, 2.45) is 0 Å². The van der Waals surface area contributed by atoms with Crippen LogP contribution in [-0.4, -0.2) is 30.1 Å². The molecule has 2 aliphatic rings. The van der Waals surface area contributed by atoms with Crippen LogP contribution in [0.25, 0.3) is 0 Å². The average molecular weight is 299 g/mol. The highest BCUT2D eigenvalue weighted by molar-refractivity contribution is 6.35. The molecule has 0 saturated carbocycles. The van der Waals surface area contributed by atoms with Gasteiger partial charge in [-0.25, -0.2) is 0 Å². The van der Waals surface area contributed by atoms with E-state index in [1.54, 1.807) is 0 Å². The first-order valence-electron chi connectivity index (χ1n) is 7.11. The lowest BCUT2D eigenvalue weighted by Gasteiger charge is -2.33. The monoisotopic (exact) mass is 298 g/mol. The summed E-state index contributed by atoms with van der Waals surface area (Å²) in [6.45, 7) is 4.45. The molecule has 1 N–H and O–H groups in total. The Bertz CT molecular complexity index is 475. The van der Waals surface area contributed by atoms with Crippen molar-refractivity contribution in [3.05, 3.63) is 27.7 Å². The fourth-order valence-corrected chi connectivity index (χ4v) is 3.81. The lowest BCUT2D eigenvalue weighted by molar-refractivity contribution is 0.193. The first-order valence-corrected chi connectivity index (χ1v) is 7.87. The van der Waals surface area contributed by atoms with Crippen molar-refractivity contribution in [2.75, 3.05) is 18.4 Å². The van der Waals surface area contributed by atoms with Crippen LogP contribution >= 0.6 is 23.2 Å². The maximum absolute atomic E-state index is 6.32. The first-order chi connectivity index (χ1) is 9.15. The summed E-state index contributed by atoms with van der Waals surface area (Å²) in [7, 11) is 0. The number of halogens is 2. The van der Waals surface area contributed by atoms with E-state index < -0.39 is 0 Å². The highest BCUT2D eigenvalue weighted by Gasteiger charge is 2.35. The topological polar surface area (TPSA) is 15.3 Å². The van der Waals surface area contributed by atoms with E-state index in [9.17, 15) is 0 Å². The highest BCUT2D eigenvalue weighted by Crippen LogP contribution is 2.33. The number of rotatable bonds is 2. The molecule has 3 rings (SSSR count). The molecule has 0 spiro atoms. The third-order valence-electron chi connectivity index (χ3n) is 4.45. The van der Waals surface area contributed by atoms with E-state index in [0.717, 1.165) is 21.3 Å². The van der Waals surface area contributed by atoms with Crippen LogP contribution in [0, 0.1) is 6.92 Å². The minimum Gasteiger partial charge on any atom is -0.379 e.